The van der Waals surface area contributed by atoms with Crippen LogP contribution in [0.5, 0.6) is 0 Å². The van der Waals surface area contributed by atoms with Crippen molar-refractivity contribution < 1.29 is 9.53 Å². The van der Waals surface area contributed by atoms with Crippen molar-refractivity contribution in [2.45, 2.75) is 37.7 Å². The lowest BCUT2D eigenvalue weighted by Gasteiger charge is -2.47. The summed E-state index contributed by atoms with van der Waals surface area (Å²) in [5, 5.41) is 2.23. The molecule has 21 heavy (non-hydrogen) atoms. The average Bonchev–Trinajstić information content (AvgIpc) is 2.54. The lowest BCUT2D eigenvalue weighted by molar-refractivity contribution is -0.0928. The monoisotopic (exact) mass is 280 g/mol. The van der Waals surface area contributed by atoms with Crippen LogP contribution in [-0.4, -0.2) is 12.9 Å². The average molecular weight is 280 g/mol. The van der Waals surface area contributed by atoms with Crippen molar-refractivity contribution in [2.24, 2.45) is 5.92 Å². The number of fused-ring (bicyclic) bond motifs is 5. The van der Waals surface area contributed by atoms with Crippen LogP contribution in [0.25, 0.3) is 10.8 Å². The molecule has 0 radical (unpaired) electrons. The van der Waals surface area contributed by atoms with E-state index in [1.165, 1.54) is 12.8 Å². The van der Waals surface area contributed by atoms with Crippen LogP contribution in [0.15, 0.2) is 36.4 Å². The number of benzene rings is 2. The topological polar surface area (TPSA) is 26.3 Å². The number of ketones is 1. The second kappa shape index (κ2) is 4.67. The fourth-order valence-corrected chi connectivity index (χ4v) is 4.47. The van der Waals surface area contributed by atoms with Gasteiger partial charge in [0.2, 0.25) is 0 Å². The van der Waals surface area contributed by atoms with Crippen molar-refractivity contribution in [1.82, 2.24) is 0 Å². The zero-order valence-corrected chi connectivity index (χ0v) is 12.4. The first-order valence-electron chi connectivity index (χ1n) is 7.87. The SMILES string of the molecule is CO[C@@]12CCCC[C@@H]1CC(=O)c1c2ccc2ccccc12. The van der Waals surface area contributed by atoms with Crippen molar-refractivity contribution >= 4 is 16.6 Å². The first-order chi connectivity index (χ1) is 10.3. The Morgan fingerprint density at radius 3 is 2.86 bits per heavy atom. The first kappa shape index (κ1) is 13.0. The van der Waals surface area contributed by atoms with Crippen molar-refractivity contribution in [1.29, 1.82) is 0 Å². The van der Waals surface area contributed by atoms with E-state index in [-0.39, 0.29) is 5.60 Å². The van der Waals surface area contributed by atoms with Gasteiger partial charge < -0.3 is 4.74 Å². The molecular weight excluding hydrogens is 260 g/mol. The van der Waals surface area contributed by atoms with E-state index in [2.05, 4.69) is 24.3 Å². The summed E-state index contributed by atoms with van der Waals surface area (Å²) in [5.41, 5.74) is 1.80. The third-order valence-electron chi connectivity index (χ3n) is 5.47. The van der Waals surface area contributed by atoms with Gasteiger partial charge in [0.05, 0.1) is 5.60 Å². The Labute approximate surface area is 125 Å². The van der Waals surface area contributed by atoms with Crippen LogP contribution in [0.1, 0.15) is 48.0 Å². The molecule has 0 aromatic heterocycles. The number of carbonyl (C=O) groups excluding carboxylic acids is 1. The predicted molar refractivity (Wildman–Crippen MR) is 83.5 cm³/mol. The fraction of sp³-hybridized carbons (Fsp3) is 0.421. The molecule has 0 saturated heterocycles. The lowest BCUT2D eigenvalue weighted by Crippen LogP contribution is -2.45. The smallest absolute Gasteiger partial charge is 0.164 e. The van der Waals surface area contributed by atoms with Gasteiger partial charge in [-0.25, -0.2) is 0 Å². The zero-order chi connectivity index (χ0) is 14.4. The molecule has 0 unspecified atom stereocenters. The van der Waals surface area contributed by atoms with Crippen LogP contribution < -0.4 is 0 Å². The molecule has 4 rings (SSSR count). The molecule has 108 valence electrons. The van der Waals surface area contributed by atoms with E-state index in [1.54, 1.807) is 0 Å². The Kier molecular flexibility index (Phi) is 2.90. The number of hydrogen-bond donors (Lipinski definition) is 0. The third kappa shape index (κ3) is 1.72. The minimum absolute atomic E-state index is 0.245. The minimum Gasteiger partial charge on any atom is -0.373 e. The van der Waals surface area contributed by atoms with E-state index in [9.17, 15) is 4.79 Å². The number of Topliss-reactive ketones (excluding diaryl/α,β-unsaturated/α-hetero) is 1. The normalized spacial score (nSPS) is 28.2. The molecule has 2 aliphatic rings. The van der Waals surface area contributed by atoms with Crippen LogP contribution in [0.3, 0.4) is 0 Å². The fourth-order valence-electron chi connectivity index (χ4n) is 4.47. The first-order valence-corrected chi connectivity index (χ1v) is 7.87. The third-order valence-corrected chi connectivity index (χ3v) is 5.47. The summed E-state index contributed by atoms with van der Waals surface area (Å²) < 4.78 is 6.05. The highest BCUT2D eigenvalue weighted by Crippen LogP contribution is 2.51. The van der Waals surface area contributed by atoms with Crippen LogP contribution in [0, 0.1) is 5.92 Å². The zero-order valence-electron chi connectivity index (χ0n) is 12.4. The van der Waals surface area contributed by atoms with Gasteiger partial charge in [-0.05, 0) is 35.1 Å². The Hall–Kier alpha value is -1.67. The van der Waals surface area contributed by atoms with Gasteiger partial charge in [-0.2, -0.15) is 0 Å². The molecule has 0 aliphatic heterocycles. The molecule has 2 heteroatoms. The molecule has 0 heterocycles. The Balaban J connectivity index is 2.03. The van der Waals surface area contributed by atoms with Gasteiger partial charge >= 0.3 is 0 Å². The Morgan fingerprint density at radius 2 is 2.00 bits per heavy atom. The maximum atomic E-state index is 12.8. The minimum atomic E-state index is -0.245. The summed E-state index contributed by atoms with van der Waals surface area (Å²) in [6.07, 6.45) is 5.17. The molecule has 2 aliphatic carbocycles. The van der Waals surface area contributed by atoms with Crippen molar-refractivity contribution in [3.8, 4) is 0 Å². The van der Waals surface area contributed by atoms with E-state index < -0.39 is 0 Å². The standard InChI is InChI=1S/C19H20O2/c1-21-19-11-5-4-7-14(19)12-17(20)18-15-8-3-2-6-13(15)9-10-16(18)19/h2-3,6,8-10,14H,4-5,7,11-12H2,1H3/t14-,19+/m1/s1. The van der Waals surface area contributed by atoms with Crippen LogP contribution in [0.2, 0.25) is 0 Å². The van der Waals surface area contributed by atoms with Gasteiger partial charge in [0.1, 0.15) is 0 Å². The molecule has 0 spiro atoms. The van der Waals surface area contributed by atoms with Gasteiger partial charge in [-0.15, -0.1) is 0 Å². The van der Waals surface area contributed by atoms with E-state index in [0.717, 1.165) is 34.7 Å². The van der Waals surface area contributed by atoms with Crippen molar-refractivity contribution in [3.63, 3.8) is 0 Å². The second-order valence-corrected chi connectivity index (χ2v) is 6.37. The number of carbonyl (C=O) groups is 1. The lowest BCUT2D eigenvalue weighted by atomic mass is 9.63. The highest BCUT2D eigenvalue weighted by atomic mass is 16.5. The van der Waals surface area contributed by atoms with Crippen LogP contribution in [-0.2, 0) is 10.3 Å². The Morgan fingerprint density at radius 1 is 1.14 bits per heavy atom. The molecule has 0 bridgehead atoms. The van der Waals surface area contributed by atoms with E-state index >= 15 is 0 Å². The van der Waals surface area contributed by atoms with E-state index in [4.69, 9.17) is 4.74 Å². The van der Waals surface area contributed by atoms with Gasteiger partial charge in [0.15, 0.2) is 5.78 Å². The highest BCUT2D eigenvalue weighted by molar-refractivity contribution is 6.10. The molecule has 0 N–H and O–H groups in total. The summed E-state index contributed by atoms with van der Waals surface area (Å²) in [5.74, 6) is 0.638. The van der Waals surface area contributed by atoms with Crippen molar-refractivity contribution in [3.05, 3.63) is 47.5 Å². The largest absolute Gasteiger partial charge is 0.373 e. The van der Waals surface area contributed by atoms with Crippen molar-refractivity contribution in [2.75, 3.05) is 7.11 Å². The maximum Gasteiger partial charge on any atom is 0.164 e. The number of rotatable bonds is 1. The van der Waals surface area contributed by atoms with Crippen LogP contribution in [0.4, 0.5) is 0 Å². The summed E-state index contributed by atoms with van der Waals surface area (Å²) in [6, 6.07) is 12.5. The van der Waals surface area contributed by atoms with Gasteiger partial charge in [0, 0.05) is 19.1 Å². The predicted octanol–water partition coefficient (Wildman–Crippen LogP) is 4.46. The van der Waals surface area contributed by atoms with E-state index in [1.807, 2.05) is 19.2 Å². The van der Waals surface area contributed by atoms with Gasteiger partial charge in [0.25, 0.3) is 0 Å². The Bertz CT molecular complexity index is 719. The van der Waals surface area contributed by atoms with Crippen LogP contribution >= 0.6 is 0 Å². The quantitative estimate of drug-likeness (QED) is 0.771. The molecular formula is C19H20O2. The molecule has 2 nitrogen and oxygen atoms in total. The van der Waals surface area contributed by atoms with E-state index in [0.29, 0.717) is 18.1 Å². The highest BCUT2D eigenvalue weighted by Gasteiger charge is 2.48. The molecule has 2 aromatic rings. The molecule has 2 atom stereocenters. The molecule has 1 saturated carbocycles. The second-order valence-electron chi connectivity index (χ2n) is 6.37. The number of ether oxygens (including phenoxy) is 1. The summed E-state index contributed by atoms with van der Waals surface area (Å²) in [4.78, 5) is 12.8. The molecule has 0 amide bonds. The van der Waals surface area contributed by atoms with Gasteiger partial charge in [-0.1, -0.05) is 49.2 Å². The molecule has 2 aromatic carbocycles. The number of methoxy groups -OCH3 is 1. The summed E-state index contributed by atoms with van der Waals surface area (Å²) in [7, 11) is 1.81. The molecule has 1 fully saturated rings. The summed E-state index contributed by atoms with van der Waals surface area (Å²) >= 11 is 0. The maximum absolute atomic E-state index is 12.8. The summed E-state index contributed by atoms with van der Waals surface area (Å²) in [6.45, 7) is 0. The van der Waals surface area contributed by atoms with Gasteiger partial charge in [-0.3, -0.25) is 4.79 Å². The number of hydrogen-bond acceptors (Lipinski definition) is 2.